The highest BCUT2D eigenvalue weighted by Crippen LogP contribution is 2.30. The topological polar surface area (TPSA) is 76.7 Å². The summed E-state index contributed by atoms with van der Waals surface area (Å²) >= 11 is 0. The molecule has 2 N–H and O–H groups in total. The van der Waals surface area contributed by atoms with Crippen LogP contribution in [0.2, 0.25) is 0 Å². The molecule has 24 heavy (non-hydrogen) atoms. The largest absolute Gasteiger partial charge is 0.497 e. The molecule has 1 atom stereocenters. The molecule has 1 aromatic carbocycles. The number of amides is 2. The van der Waals surface area contributed by atoms with Gasteiger partial charge in [0.15, 0.2) is 0 Å². The van der Waals surface area contributed by atoms with Gasteiger partial charge in [-0.3, -0.25) is 0 Å². The molecule has 0 aromatic heterocycles. The first-order valence-electron chi connectivity index (χ1n) is 8.21. The Labute approximate surface area is 141 Å². The third kappa shape index (κ3) is 3.37. The van der Waals surface area contributed by atoms with Crippen molar-refractivity contribution in [3.05, 3.63) is 41.1 Å². The van der Waals surface area contributed by atoms with Gasteiger partial charge in [0.25, 0.3) is 0 Å². The number of carbonyl (C=O) groups excluding carboxylic acids is 2. The van der Waals surface area contributed by atoms with E-state index in [1.54, 1.807) is 26.2 Å². The molecule has 6 heteroatoms. The van der Waals surface area contributed by atoms with Crippen LogP contribution in [0.4, 0.5) is 4.79 Å². The van der Waals surface area contributed by atoms with Crippen molar-refractivity contribution >= 4 is 12.0 Å². The third-order valence-corrected chi connectivity index (χ3v) is 4.51. The lowest BCUT2D eigenvalue weighted by Crippen LogP contribution is -2.45. The second-order valence-corrected chi connectivity index (χ2v) is 6.16. The fourth-order valence-corrected chi connectivity index (χ4v) is 3.23. The number of ether oxygens (including phenoxy) is 2. The Morgan fingerprint density at radius 1 is 1.17 bits per heavy atom. The van der Waals surface area contributed by atoms with E-state index in [4.69, 9.17) is 9.47 Å². The van der Waals surface area contributed by atoms with Gasteiger partial charge in [0.2, 0.25) is 0 Å². The number of urea groups is 1. The Hall–Kier alpha value is -2.50. The number of benzene rings is 1. The predicted octanol–water partition coefficient (Wildman–Crippen LogP) is 2.81. The van der Waals surface area contributed by atoms with Crippen LogP contribution in [0.25, 0.3) is 0 Å². The molecule has 1 aromatic rings. The quantitative estimate of drug-likeness (QED) is 0.832. The minimum atomic E-state index is -0.529. The fourth-order valence-electron chi connectivity index (χ4n) is 3.23. The van der Waals surface area contributed by atoms with Gasteiger partial charge in [-0.1, -0.05) is 12.1 Å². The van der Waals surface area contributed by atoms with Gasteiger partial charge in [0.1, 0.15) is 11.9 Å². The van der Waals surface area contributed by atoms with Gasteiger partial charge >= 0.3 is 12.0 Å². The second-order valence-electron chi connectivity index (χ2n) is 6.16. The Morgan fingerprint density at radius 3 is 2.46 bits per heavy atom. The van der Waals surface area contributed by atoms with Crippen LogP contribution in [-0.4, -0.2) is 25.2 Å². The number of hydrogen-bond acceptors (Lipinski definition) is 4. The van der Waals surface area contributed by atoms with Crippen LogP contribution in [-0.2, 0) is 9.53 Å². The molecule has 1 saturated carbocycles. The molecule has 1 fully saturated rings. The van der Waals surface area contributed by atoms with Crippen LogP contribution in [0.15, 0.2) is 35.5 Å². The monoisotopic (exact) mass is 330 g/mol. The zero-order chi connectivity index (χ0) is 17.1. The molecule has 6 nitrogen and oxygen atoms in total. The summed E-state index contributed by atoms with van der Waals surface area (Å²) in [5.74, 6) is 0.350. The van der Waals surface area contributed by atoms with Crippen LogP contribution >= 0.6 is 0 Å². The highest BCUT2D eigenvalue weighted by Gasteiger charge is 2.33. The van der Waals surface area contributed by atoms with Gasteiger partial charge in [-0.25, -0.2) is 9.59 Å². The normalized spacial score (nSPS) is 21.2. The maximum atomic E-state index is 12.7. The van der Waals surface area contributed by atoms with Gasteiger partial charge in [-0.05, 0) is 50.3 Å². The van der Waals surface area contributed by atoms with Crippen molar-refractivity contribution in [2.75, 3.05) is 7.11 Å². The standard InChI is InChI=1S/C18H22N2O4/c1-11-15(17(21)24-14-5-3-4-6-14)16(20-18(22)19-11)12-7-9-13(23-2)10-8-12/h7-10,14,16H,3-6H2,1-2H3,(H2,19,20,22)/t16-/m0/s1. The Morgan fingerprint density at radius 2 is 1.83 bits per heavy atom. The molecule has 128 valence electrons. The molecule has 3 rings (SSSR count). The van der Waals surface area contributed by atoms with Crippen molar-refractivity contribution in [2.45, 2.75) is 44.8 Å². The van der Waals surface area contributed by atoms with Crippen LogP contribution in [0.5, 0.6) is 5.75 Å². The highest BCUT2D eigenvalue weighted by atomic mass is 16.5. The lowest BCUT2D eigenvalue weighted by atomic mass is 9.95. The van der Waals surface area contributed by atoms with E-state index in [2.05, 4.69) is 10.6 Å². The van der Waals surface area contributed by atoms with E-state index in [0.717, 1.165) is 37.0 Å². The van der Waals surface area contributed by atoms with Gasteiger partial charge in [0.05, 0.1) is 18.7 Å². The summed E-state index contributed by atoms with van der Waals surface area (Å²) in [6.07, 6.45) is 3.97. The van der Waals surface area contributed by atoms with Crippen LogP contribution in [0.3, 0.4) is 0 Å². The fraction of sp³-hybridized carbons (Fsp3) is 0.444. The van der Waals surface area contributed by atoms with Crippen molar-refractivity contribution in [2.24, 2.45) is 0 Å². The smallest absolute Gasteiger partial charge is 0.338 e. The molecule has 0 spiro atoms. The molecule has 2 aliphatic rings. The number of hydrogen-bond donors (Lipinski definition) is 2. The number of methoxy groups -OCH3 is 1. The first-order chi connectivity index (χ1) is 11.6. The zero-order valence-electron chi connectivity index (χ0n) is 13.9. The molecule has 2 amide bonds. The molecular formula is C18H22N2O4. The first-order valence-corrected chi connectivity index (χ1v) is 8.21. The highest BCUT2D eigenvalue weighted by molar-refractivity contribution is 5.95. The molecular weight excluding hydrogens is 308 g/mol. The van der Waals surface area contributed by atoms with Crippen LogP contribution < -0.4 is 15.4 Å². The van der Waals surface area contributed by atoms with Crippen molar-refractivity contribution < 1.29 is 19.1 Å². The van der Waals surface area contributed by atoms with E-state index in [9.17, 15) is 9.59 Å². The van der Waals surface area contributed by atoms with E-state index < -0.39 is 6.04 Å². The van der Waals surface area contributed by atoms with Crippen molar-refractivity contribution in [3.8, 4) is 5.75 Å². The van der Waals surface area contributed by atoms with Crippen LogP contribution in [0, 0.1) is 0 Å². The zero-order valence-corrected chi connectivity index (χ0v) is 13.9. The molecule has 1 aliphatic heterocycles. The lowest BCUT2D eigenvalue weighted by molar-refractivity contribution is -0.144. The summed E-state index contributed by atoms with van der Waals surface area (Å²) in [4.78, 5) is 24.5. The minimum absolute atomic E-state index is 0.0213. The molecule has 0 radical (unpaired) electrons. The summed E-state index contributed by atoms with van der Waals surface area (Å²) in [5.41, 5.74) is 1.79. The summed E-state index contributed by atoms with van der Waals surface area (Å²) < 4.78 is 10.8. The number of nitrogens with one attached hydrogen (secondary N) is 2. The van der Waals surface area contributed by atoms with Gasteiger partial charge < -0.3 is 20.1 Å². The molecule has 1 aliphatic carbocycles. The summed E-state index contributed by atoms with van der Waals surface area (Å²) in [7, 11) is 1.59. The molecule has 0 bridgehead atoms. The van der Waals surface area contributed by atoms with E-state index >= 15 is 0 Å². The average Bonchev–Trinajstić information content (AvgIpc) is 3.07. The molecule has 0 unspecified atom stereocenters. The number of esters is 1. The number of rotatable bonds is 4. The molecule has 0 saturated heterocycles. The van der Waals surface area contributed by atoms with E-state index in [1.165, 1.54) is 0 Å². The Bertz CT molecular complexity index is 660. The van der Waals surface area contributed by atoms with Gasteiger partial charge in [0, 0.05) is 5.70 Å². The van der Waals surface area contributed by atoms with E-state index in [-0.39, 0.29) is 18.1 Å². The summed E-state index contributed by atoms with van der Waals surface area (Å²) in [6, 6.07) is 6.43. The lowest BCUT2D eigenvalue weighted by Gasteiger charge is -2.29. The van der Waals surface area contributed by atoms with Crippen molar-refractivity contribution in [1.29, 1.82) is 0 Å². The Balaban J connectivity index is 1.87. The maximum Gasteiger partial charge on any atom is 0.338 e. The van der Waals surface area contributed by atoms with Gasteiger partial charge in [-0.15, -0.1) is 0 Å². The summed E-state index contributed by atoms with van der Waals surface area (Å²) in [6.45, 7) is 1.72. The minimum Gasteiger partial charge on any atom is -0.497 e. The van der Waals surface area contributed by atoms with Crippen LogP contribution in [0.1, 0.15) is 44.2 Å². The van der Waals surface area contributed by atoms with Crippen molar-refractivity contribution in [1.82, 2.24) is 10.6 Å². The number of carbonyl (C=O) groups is 2. The number of allylic oxidation sites excluding steroid dienone is 1. The Kier molecular flexibility index (Phi) is 4.74. The van der Waals surface area contributed by atoms with E-state index in [0.29, 0.717) is 11.3 Å². The van der Waals surface area contributed by atoms with Crippen molar-refractivity contribution in [3.63, 3.8) is 0 Å². The first kappa shape index (κ1) is 16.4. The SMILES string of the molecule is COc1ccc([C@@H]2NC(=O)NC(C)=C2C(=O)OC2CCCC2)cc1. The van der Waals surface area contributed by atoms with Gasteiger partial charge in [-0.2, -0.15) is 0 Å². The second kappa shape index (κ2) is 6.95. The third-order valence-electron chi connectivity index (χ3n) is 4.51. The predicted molar refractivity (Wildman–Crippen MR) is 88.5 cm³/mol. The molecule has 1 heterocycles. The average molecular weight is 330 g/mol. The van der Waals surface area contributed by atoms with E-state index in [1.807, 2.05) is 12.1 Å². The maximum absolute atomic E-state index is 12.7. The summed E-state index contributed by atoms with van der Waals surface area (Å²) in [5, 5.41) is 5.47.